The minimum absolute atomic E-state index is 0.579. The number of aliphatic hydroxyl groups excluding tert-OH is 2. The summed E-state index contributed by atoms with van der Waals surface area (Å²) in [6.45, 7) is 7.92. The molecule has 0 radical (unpaired) electrons. The van der Waals surface area contributed by atoms with Crippen molar-refractivity contribution in [2.75, 3.05) is 0 Å². The Bertz CT molecular complexity index is 339. The van der Waals surface area contributed by atoms with Gasteiger partial charge in [-0.25, -0.2) is 0 Å². The van der Waals surface area contributed by atoms with Crippen molar-refractivity contribution in [1.29, 1.82) is 0 Å². The van der Waals surface area contributed by atoms with Crippen molar-refractivity contribution in [3.05, 3.63) is 0 Å². The van der Waals surface area contributed by atoms with Gasteiger partial charge in [-0.05, 0) is 25.7 Å². The van der Waals surface area contributed by atoms with Crippen LogP contribution in [0.4, 0.5) is 0 Å². The summed E-state index contributed by atoms with van der Waals surface area (Å²) in [7, 11) is 0. The normalized spacial score (nSPS) is 45.5. The van der Waals surface area contributed by atoms with E-state index in [2.05, 4.69) is 0 Å². The van der Waals surface area contributed by atoms with Gasteiger partial charge in [-0.15, -0.1) is 0 Å². The summed E-state index contributed by atoms with van der Waals surface area (Å²) in [6.07, 6.45) is -1.37. The minimum atomic E-state index is -0.863. The van der Waals surface area contributed by atoms with Crippen molar-refractivity contribution < 1.29 is 29.2 Å². The molecule has 0 spiro atoms. The van der Waals surface area contributed by atoms with Gasteiger partial charge in [0, 0.05) is 0 Å². The van der Waals surface area contributed by atoms with Crippen LogP contribution in [0.25, 0.3) is 0 Å². The number of ether oxygens (including phenoxy) is 4. The van der Waals surface area contributed by atoms with E-state index in [4.69, 9.17) is 18.9 Å². The predicted molar refractivity (Wildman–Crippen MR) is 78.1 cm³/mol. The molecule has 22 heavy (non-hydrogen) atoms. The fourth-order valence-electron chi connectivity index (χ4n) is 3.91. The third-order valence-corrected chi connectivity index (χ3v) is 5.55. The predicted octanol–water partition coefficient (Wildman–Crippen LogP) is 1.32. The zero-order chi connectivity index (χ0) is 16.1. The molecule has 3 aliphatic rings. The van der Waals surface area contributed by atoms with E-state index < -0.39 is 48.2 Å². The number of fused-ring (bicyclic) bond motifs is 2. The summed E-state index contributed by atoms with van der Waals surface area (Å²) in [5.74, 6) is -1.47. The molecule has 0 aromatic heterocycles. The standard InChI is InChI=1S/C16H28O6/c1-5-15(6-2)19-11-9(17)13-14(10(18)12(11)20-15)22-16(7-3,8-4)21-13/h9-14,17-18H,5-8H2,1-4H3/t9?,10?,11-,12-,13-,14+/m0/s1. The van der Waals surface area contributed by atoms with Gasteiger partial charge in [0.1, 0.15) is 36.6 Å². The van der Waals surface area contributed by atoms with E-state index in [0.29, 0.717) is 25.7 Å². The summed E-state index contributed by atoms with van der Waals surface area (Å²) >= 11 is 0. The lowest BCUT2D eigenvalue weighted by Crippen LogP contribution is -2.61. The zero-order valence-corrected chi connectivity index (χ0v) is 13.8. The Morgan fingerprint density at radius 2 is 0.818 bits per heavy atom. The van der Waals surface area contributed by atoms with Gasteiger partial charge >= 0.3 is 0 Å². The second kappa shape index (κ2) is 5.69. The minimum Gasteiger partial charge on any atom is -0.387 e. The Hall–Kier alpha value is -0.240. The Balaban J connectivity index is 1.85. The van der Waals surface area contributed by atoms with Crippen molar-refractivity contribution in [2.24, 2.45) is 0 Å². The zero-order valence-electron chi connectivity index (χ0n) is 13.8. The summed E-state index contributed by atoms with van der Waals surface area (Å²) < 4.78 is 24.0. The van der Waals surface area contributed by atoms with Crippen LogP contribution < -0.4 is 0 Å². The molecule has 2 unspecified atom stereocenters. The van der Waals surface area contributed by atoms with E-state index in [1.54, 1.807) is 0 Å². The molecule has 2 aliphatic heterocycles. The van der Waals surface area contributed by atoms with Crippen molar-refractivity contribution >= 4 is 0 Å². The quantitative estimate of drug-likeness (QED) is 0.814. The highest BCUT2D eigenvalue weighted by Crippen LogP contribution is 2.47. The van der Waals surface area contributed by atoms with Gasteiger partial charge in [0.15, 0.2) is 11.6 Å². The Morgan fingerprint density at radius 1 is 0.591 bits per heavy atom. The molecule has 0 aromatic rings. The van der Waals surface area contributed by atoms with Crippen molar-refractivity contribution in [1.82, 2.24) is 0 Å². The molecule has 3 rings (SSSR count). The fourth-order valence-corrected chi connectivity index (χ4v) is 3.91. The maximum Gasteiger partial charge on any atom is 0.169 e. The summed E-state index contributed by atoms with van der Waals surface area (Å²) in [6, 6.07) is 0. The second-order valence-corrected chi connectivity index (χ2v) is 6.55. The van der Waals surface area contributed by atoms with Crippen molar-refractivity contribution in [3.63, 3.8) is 0 Å². The Labute approximate surface area is 131 Å². The average molecular weight is 316 g/mol. The summed E-state index contributed by atoms with van der Waals surface area (Å²) in [5, 5.41) is 21.4. The lowest BCUT2D eigenvalue weighted by atomic mass is 9.85. The maximum atomic E-state index is 10.7. The highest BCUT2D eigenvalue weighted by atomic mass is 16.8. The maximum absolute atomic E-state index is 10.7. The molecule has 6 heteroatoms. The van der Waals surface area contributed by atoms with E-state index in [0.717, 1.165) is 0 Å². The van der Waals surface area contributed by atoms with Crippen LogP contribution in [0.1, 0.15) is 53.4 Å². The Morgan fingerprint density at radius 3 is 1.00 bits per heavy atom. The largest absolute Gasteiger partial charge is 0.387 e. The fraction of sp³-hybridized carbons (Fsp3) is 1.00. The first-order valence-corrected chi connectivity index (χ1v) is 8.52. The van der Waals surface area contributed by atoms with Crippen LogP contribution in [0.3, 0.4) is 0 Å². The first-order valence-electron chi connectivity index (χ1n) is 8.52. The van der Waals surface area contributed by atoms with Gasteiger partial charge in [0.2, 0.25) is 0 Å². The van der Waals surface area contributed by atoms with Gasteiger partial charge in [-0.3, -0.25) is 0 Å². The summed E-state index contributed by atoms with van der Waals surface area (Å²) in [4.78, 5) is 0. The van der Waals surface area contributed by atoms with Crippen molar-refractivity contribution in [3.8, 4) is 0 Å². The average Bonchev–Trinajstić information content (AvgIpc) is 3.13. The van der Waals surface area contributed by atoms with Gasteiger partial charge in [0.25, 0.3) is 0 Å². The number of rotatable bonds is 4. The molecule has 2 saturated heterocycles. The van der Waals surface area contributed by atoms with Gasteiger partial charge in [0.05, 0.1) is 0 Å². The van der Waals surface area contributed by atoms with E-state index in [1.165, 1.54) is 0 Å². The molecule has 6 nitrogen and oxygen atoms in total. The SMILES string of the molecule is CCC1(CC)O[C@@H]2C(O)[C@@H]3OC(CC)(CC)O[C@H]3C(O)[C@@H]2O1. The molecule has 0 bridgehead atoms. The van der Waals surface area contributed by atoms with E-state index >= 15 is 0 Å². The third-order valence-electron chi connectivity index (χ3n) is 5.55. The van der Waals surface area contributed by atoms with Crippen LogP contribution in [-0.2, 0) is 18.9 Å². The molecule has 0 amide bonds. The lowest BCUT2D eigenvalue weighted by Gasteiger charge is -2.38. The first-order chi connectivity index (χ1) is 10.4. The molecule has 128 valence electrons. The van der Waals surface area contributed by atoms with Crippen LogP contribution >= 0.6 is 0 Å². The van der Waals surface area contributed by atoms with Gasteiger partial charge in [-0.2, -0.15) is 0 Å². The van der Waals surface area contributed by atoms with Crippen LogP contribution in [0.2, 0.25) is 0 Å². The monoisotopic (exact) mass is 316 g/mol. The highest BCUT2D eigenvalue weighted by molar-refractivity contribution is 5.08. The van der Waals surface area contributed by atoms with Crippen LogP contribution in [0.15, 0.2) is 0 Å². The molecule has 0 aromatic carbocycles. The molecule has 3 fully saturated rings. The van der Waals surface area contributed by atoms with Crippen molar-refractivity contribution in [2.45, 2.75) is 102 Å². The lowest BCUT2D eigenvalue weighted by molar-refractivity contribution is -0.211. The third kappa shape index (κ3) is 2.24. The van der Waals surface area contributed by atoms with Crippen LogP contribution in [0.5, 0.6) is 0 Å². The highest BCUT2D eigenvalue weighted by Gasteiger charge is 2.64. The second-order valence-electron chi connectivity index (χ2n) is 6.55. The van der Waals surface area contributed by atoms with Gasteiger partial charge < -0.3 is 29.2 Å². The van der Waals surface area contributed by atoms with Crippen LogP contribution in [-0.4, -0.2) is 58.4 Å². The molecular weight excluding hydrogens is 288 g/mol. The molecule has 2 N–H and O–H groups in total. The number of hydrogen-bond donors (Lipinski definition) is 2. The molecule has 1 aliphatic carbocycles. The van der Waals surface area contributed by atoms with Gasteiger partial charge in [-0.1, -0.05) is 27.7 Å². The molecule has 6 atom stereocenters. The van der Waals surface area contributed by atoms with E-state index in [1.807, 2.05) is 27.7 Å². The Kier molecular flexibility index (Phi) is 4.29. The summed E-state index contributed by atoms with van der Waals surface area (Å²) in [5.41, 5.74) is 0. The smallest absolute Gasteiger partial charge is 0.169 e. The molecule has 2 heterocycles. The molecular formula is C16H28O6. The number of aliphatic hydroxyl groups is 2. The topological polar surface area (TPSA) is 77.4 Å². The van der Waals surface area contributed by atoms with Crippen LogP contribution in [0, 0.1) is 0 Å². The first kappa shape index (κ1) is 16.6. The molecule has 1 saturated carbocycles. The van der Waals surface area contributed by atoms with E-state index in [-0.39, 0.29) is 0 Å². The van der Waals surface area contributed by atoms with E-state index in [9.17, 15) is 10.2 Å². The number of hydrogen-bond acceptors (Lipinski definition) is 6.